The second kappa shape index (κ2) is 14.2. The van der Waals surface area contributed by atoms with Crippen molar-refractivity contribution in [3.63, 3.8) is 0 Å². The number of carbonyl (C=O) groups excluding carboxylic acids is 1. The van der Waals surface area contributed by atoms with Gasteiger partial charge in [-0.15, -0.1) is 0 Å². The fourth-order valence-corrected chi connectivity index (χ4v) is 5.66. The monoisotopic (exact) mass is 579 g/mol. The fourth-order valence-electron chi connectivity index (χ4n) is 5.66. The Morgan fingerprint density at radius 2 is 1.72 bits per heavy atom. The molecule has 1 aliphatic rings. The zero-order chi connectivity index (χ0) is 30.2. The molecule has 2 heterocycles. The van der Waals surface area contributed by atoms with Gasteiger partial charge in [-0.25, -0.2) is 9.78 Å². The number of esters is 1. The van der Waals surface area contributed by atoms with Crippen LogP contribution in [0.15, 0.2) is 91.1 Å². The molecule has 0 radical (unpaired) electrons. The number of likely N-dealkylation sites (N-methyl/N-ethyl adjacent to an activating group) is 1. The lowest BCUT2D eigenvalue weighted by atomic mass is 10.0. The van der Waals surface area contributed by atoms with E-state index in [9.17, 15) is 4.79 Å². The second-order valence-electron chi connectivity index (χ2n) is 11.1. The molecule has 1 fully saturated rings. The van der Waals surface area contributed by atoms with Crippen molar-refractivity contribution >= 4 is 11.8 Å². The summed E-state index contributed by atoms with van der Waals surface area (Å²) in [4.78, 5) is 22.9. The van der Waals surface area contributed by atoms with Crippen molar-refractivity contribution in [3.05, 3.63) is 108 Å². The molecule has 1 aromatic heterocycles. The van der Waals surface area contributed by atoms with Crippen LogP contribution in [0.3, 0.4) is 0 Å². The Balaban J connectivity index is 1.34. The number of aromatic nitrogens is 1. The molecule has 1 unspecified atom stereocenters. The number of methoxy groups -OCH3 is 1. The molecule has 0 spiro atoms. The Hall–Kier alpha value is -4.36. The summed E-state index contributed by atoms with van der Waals surface area (Å²) in [5.41, 5.74) is 4.61. The smallest absolute Gasteiger partial charge is 0.342 e. The molecule has 43 heavy (non-hydrogen) atoms. The lowest BCUT2D eigenvalue weighted by Crippen LogP contribution is -2.37. The number of anilines is 1. The number of ether oxygens (including phenoxy) is 3. The highest BCUT2D eigenvalue weighted by Crippen LogP contribution is 2.34. The van der Waals surface area contributed by atoms with E-state index in [1.165, 1.54) is 0 Å². The third-order valence-electron chi connectivity index (χ3n) is 7.80. The maximum atomic E-state index is 13.4. The minimum Gasteiger partial charge on any atom is -0.493 e. The third kappa shape index (κ3) is 7.35. The van der Waals surface area contributed by atoms with Gasteiger partial charge in [0.15, 0.2) is 11.5 Å². The van der Waals surface area contributed by atoms with Crippen LogP contribution in [0.4, 0.5) is 5.82 Å². The van der Waals surface area contributed by atoms with Gasteiger partial charge in [-0.3, -0.25) is 4.90 Å². The number of rotatable bonds is 12. The molecule has 3 aromatic carbocycles. The van der Waals surface area contributed by atoms with Crippen molar-refractivity contribution in [1.82, 2.24) is 9.88 Å². The van der Waals surface area contributed by atoms with Gasteiger partial charge in [0.2, 0.25) is 0 Å². The van der Waals surface area contributed by atoms with Crippen LogP contribution in [0.1, 0.15) is 48.7 Å². The molecule has 0 bridgehead atoms. The quantitative estimate of drug-likeness (QED) is 0.167. The lowest BCUT2D eigenvalue weighted by molar-refractivity contribution is 0.0379. The van der Waals surface area contributed by atoms with Gasteiger partial charge in [0.1, 0.15) is 18.0 Å². The molecule has 1 saturated heterocycles. The molecule has 1 atom stereocenters. The van der Waals surface area contributed by atoms with Crippen LogP contribution in [-0.2, 0) is 17.9 Å². The van der Waals surface area contributed by atoms with E-state index >= 15 is 0 Å². The van der Waals surface area contributed by atoms with Crippen molar-refractivity contribution < 1.29 is 19.0 Å². The summed E-state index contributed by atoms with van der Waals surface area (Å²) in [6.07, 6.45) is 2.54. The van der Waals surface area contributed by atoms with Crippen LogP contribution in [-0.4, -0.2) is 54.7 Å². The van der Waals surface area contributed by atoms with Crippen LogP contribution in [0.2, 0.25) is 0 Å². The van der Waals surface area contributed by atoms with Gasteiger partial charge >= 0.3 is 5.97 Å². The molecule has 0 saturated carbocycles. The maximum Gasteiger partial charge on any atom is 0.342 e. The second-order valence-corrected chi connectivity index (χ2v) is 11.1. The number of hydrogen-bond acceptors (Lipinski definition) is 7. The lowest BCUT2D eigenvalue weighted by Gasteiger charge is -2.29. The first-order chi connectivity index (χ1) is 21.0. The Kier molecular flexibility index (Phi) is 9.95. The number of pyridine rings is 1. The van der Waals surface area contributed by atoms with Gasteiger partial charge in [-0.05, 0) is 61.7 Å². The first-order valence-corrected chi connectivity index (χ1v) is 15.0. The molecular formula is C36H41N3O4. The van der Waals surface area contributed by atoms with Crippen LogP contribution < -0.4 is 14.4 Å². The van der Waals surface area contributed by atoms with Gasteiger partial charge in [-0.1, -0.05) is 73.7 Å². The topological polar surface area (TPSA) is 64.1 Å². The van der Waals surface area contributed by atoms with Crippen molar-refractivity contribution in [2.45, 2.75) is 52.5 Å². The van der Waals surface area contributed by atoms with Gasteiger partial charge in [0.05, 0.1) is 13.2 Å². The molecule has 7 nitrogen and oxygen atoms in total. The van der Waals surface area contributed by atoms with Crippen LogP contribution in [0.5, 0.6) is 11.5 Å². The molecule has 224 valence electrons. The Morgan fingerprint density at radius 1 is 0.977 bits per heavy atom. The molecule has 7 heteroatoms. The highest BCUT2D eigenvalue weighted by molar-refractivity contribution is 6.02. The van der Waals surface area contributed by atoms with Gasteiger partial charge < -0.3 is 19.1 Å². The summed E-state index contributed by atoms with van der Waals surface area (Å²) in [5, 5.41) is 0. The van der Waals surface area contributed by atoms with Crippen molar-refractivity contribution in [3.8, 4) is 22.6 Å². The summed E-state index contributed by atoms with van der Waals surface area (Å²) >= 11 is 0. The van der Waals surface area contributed by atoms with E-state index in [-0.39, 0.29) is 12.1 Å². The van der Waals surface area contributed by atoms with E-state index in [0.717, 1.165) is 66.4 Å². The van der Waals surface area contributed by atoms with E-state index in [0.29, 0.717) is 24.0 Å². The normalized spacial score (nSPS) is 14.7. The summed E-state index contributed by atoms with van der Waals surface area (Å²) < 4.78 is 17.5. The highest BCUT2D eigenvalue weighted by Gasteiger charge is 2.32. The highest BCUT2D eigenvalue weighted by atomic mass is 16.5. The average Bonchev–Trinajstić information content (AvgIpc) is 3.53. The first kappa shape index (κ1) is 30.1. The number of nitrogens with zero attached hydrogens (tertiary/aromatic N) is 3. The van der Waals surface area contributed by atoms with Crippen LogP contribution >= 0.6 is 0 Å². The molecule has 0 amide bonds. The molecule has 0 N–H and O–H groups in total. The summed E-state index contributed by atoms with van der Waals surface area (Å²) in [7, 11) is 1.67. The number of carbonyl (C=O) groups is 1. The van der Waals surface area contributed by atoms with Crippen molar-refractivity contribution in [2.75, 3.05) is 31.6 Å². The van der Waals surface area contributed by atoms with Gasteiger partial charge in [0.25, 0.3) is 0 Å². The molecular weight excluding hydrogens is 538 g/mol. The maximum absolute atomic E-state index is 13.4. The van der Waals surface area contributed by atoms with Gasteiger partial charge in [-0.2, -0.15) is 0 Å². The zero-order valence-corrected chi connectivity index (χ0v) is 25.5. The summed E-state index contributed by atoms with van der Waals surface area (Å²) in [6.45, 7) is 9.67. The molecule has 4 aromatic rings. The van der Waals surface area contributed by atoms with Crippen LogP contribution in [0, 0.1) is 0 Å². The average molecular weight is 580 g/mol. The summed E-state index contributed by atoms with van der Waals surface area (Å²) in [6, 6.07) is 28.5. The number of hydrogen-bond donors (Lipinski definition) is 0. The third-order valence-corrected chi connectivity index (χ3v) is 7.80. The zero-order valence-electron chi connectivity index (χ0n) is 25.5. The van der Waals surface area contributed by atoms with E-state index in [4.69, 9.17) is 19.2 Å². The Labute approximate surface area is 255 Å². The molecule has 1 aliphatic heterocycles. The predicted octanol–water partition coefficient (Wildman–Crippen LogP) is 7.00. The van der Waals surface area contributed by atoms with E-state index in [1.807, 2.05) is 74.5 Å². The van der Waals surface area contributed by atoms with Crippen molar-refractivity contribution in [2.24, 2.45) is 0 Å². The molecule has 0 aliphatic carbocycles. The Bertz CT molecular complexity index is 1490. The predicted molar refractivity (Wildman–Crippen MR) is 171 cm³/mol. The first-order valence-electron chi connectivity index (χ1n) is 15.0. The van der Waals surface area contributed by atoms with Crippen LogP contribution in [0.25, 0.3) is 11.1 Å². The van der Waals surface area contributed by atoms with Gasteiger partial charge in [0, 0.05) is 37.4 Å². The van der Waals surface area contributed by atoms with E-state index in [2.05, 4.69) is 41.0 Å². The Morgan fingerprint density at radius 3 is 2.42 bits per heavy atom. The van der Waals surface area contributed by atoms with Crippen molar-refractivity contribution in [1.29, 1.82) is 0 Å². The summed E-state index contributed by atoms with van der Waals surface area (Å²) in [5.74, 6) is 1.81. The molecule has 5 rings (SSSR count). The van der Waals surface area contributed by atoms with E-state index in [1.54, 1.807) is 13.3 Å². The largest absolute Gasteiger partial charge is 0.493 e. The van der Waals surface area contributed by atoms with E-state index < -0.39 is 0 Å². The number of benzene rings is 3. The fraction of sp³-hybridized carbons (Fsp3) is 0.333. The minimum absolute atomic E-state index is 0.225. The minimum atomic E-state index is -0.339. The SMILES string of the molecule is CCN(Cc1ccc(OC)c(OCc2ccccc2)c1)C1CCN(c2nccc(-c3ccccc3)c2C(=O)OC(C)C)C1. The standard InChI is InChI=1S/C36H41N3O4/c1-5-38(23-28-16-17-32(41-4)33(22-28)42-25-27-12-8-6-9-13-27)30-19-21-39(24-30)35-34(36(40)43-26(2)3)31(18-20-37-35)29-14-10-7-11-15-29/h6-18,20,22,26,30H,5,19,21,23-25H2,1-4H3.